The number of alkyl halides is 3. The first-order valence-electron chi connectivity index (χ1n) is 5.54. The largest absolute Gasteiger partial charge is 0.388 e. The quantitative estimate of drug-likeness (QED) is 0.688. The molecule has 1 heterocycles. The lowest BCUT2D eigenvalue weighted by molar-refractivity contribution is -0.131. The van der Waals surface area contributed by atoms with Crippen LogP contribution in [0.15, 0.2) is 0 Å². The third-order valence-corrected chi connectivity index (χ3v) is 7.10. The Labute approximate surface area is 90.6 Å². The summed E-state index contributed by atoms with van der Waals surface area (Å²) in [5.41, 5.74) is 0. The van der Waals surface area contributed by atoms with Crippen LogP contribution in [0.2, 0.25) is 12.6 Å². The first-order valence-corrected chi connectivity index (χ1v) is 8.09. The highest BCUT2D eigenvalue weighted by atomic mass is 28.3. The maximum absolute atomic E-state index is 12.1. The normalized spacial score (nSPS) is 30.2. The smallest absolute Gasteiger partial charge is 0.379 e. The fourth-order valence-electron chi connectivity index (χ4n) is 2.03. The van der Waals surface area contributed by atoms with Crippen molar-refractivity contribution < 1.29 is 17.9 Å². The summed E-state index contributed by atoms with van der Waals surface area (Å²) in [4.78, 5) is 0. The van der Waals surface area contributed by atoms with Gasteiger partial charge in [0.05, 0.1) is 14.0 Å². The molecule has 0 N–H and O–H groups in total. The third-order valence-electron chi connectivity index (χ3n) is 3.40. The van der Waals surface area contributed by atoms with Crippen LogP contribution < -0.4 is 0 Å². The zero-order valence-corrected chi connectivity index (χ0v) is 10.5. The van der Waals surface area contributed by atoms with Gasteiger partial charge in [0.1, 0.15) is 0 Å². The van der Waals surface area contributed by atoms with E-state index in [1.54, 1.807) is 0 Å². The van der Waals surface area contributed by atoms with Gasteiger partial charge < -0.3 is 4.74 Å². The van der Waals surface area contributed by atoms with E-state index in [2.05, 4.69) is 0 Å². The molecule has 0 amide bonds. The van der Waals surface area contributed by atoms with Crippen molar-refractivity contribution in [2.24, 2.45) is 0 Å². The van der Waals surface area contributed by atoms with Crippen molar-refractivity contribution >= 4 is 8.80 Å². The van der Waals surface area contributed by atoms with Crippen LogP contribution in [-0.4, -0.2) is 26.8 Å². The SMILES string of the molecule is C[SiH](CCC(F)(F)F)C1(C)CCCCO1. The topological polar surface area (TPSA) is 9.23 Å². The summed E-state index contributed by atoms with van der Waals surface area (Å²) in [6, 6.07) is 0.306. The van der Waals surface area contributed by atoms with E-state index in [-0.39, 0.29) is 5.22 Å². The van der Waals surface area contributed by atoms with Gasteiger partial charge in [-0.2, -0.15) is 13.2 Å². The molecule has 1 fully saturated rings. The van der Waals surface area contributed by atoms with E-state index in [0.29, 0.717) is 6.04 Å². The summed E-state index contributed by atoms with van der Waals surface area (Å²) in [6.07, 6.45) is -1.56. The Bertz CT molecular complexity index is 199. The summed E-state index contributed by atoms with van der Waals surface area (Å²) in [5, 5.41) is -0.205. The van der Waals surface area contributed by atoms with Crippen LogP contribution in [0.5, 0.6) is 0 Å². The van der Waals surface area contributed by atoms with E-state index in [9.17, 15) is 13.2 Å². The van der Waals surface area contributed by atoms with Gasteiger partial charge in [0, 0.05) is 13.0 Å². The lowest BCUT2D eigenvalue weighted by atomic mass is 10.1. The van der Waals surface area contributed by atoms with Crippen LogP contribution in [0.25, 0.3) is 0 Å². The van der Waals surface area contributed by atoms with E-state index < -0.39 is 21.4 Å². The fraction of sp³-hybridized carbons (Fsp3) is 1.00. The Balaban J connectivity index is 2.41. The summed E-state index contributed by atoms with van der Waals surface area (Å²) in [6.45, 7) is 4.72. The van der Waals surface area contributed by atoms with Crippen molar-refractivity contribution in [1.29, 1.82) is 0 Å². The standard InChI is InChI=1S/C10H19F3OSi/c1-9(5-3-4-7-14-9)15(2)8-6-10(11,12)13/h15H,3-8H2,1-2H3. The highest BCUT2D eigenvalue weighted by Crippen LogP contribution is 2.31. The van der Waals surface area contributed by atoms with Gasteiger partial charge in [-0.1, -0.05) is 6.55 Å². The van der Waals surface area contributed by atoms with Crippen LogP contribution in [-0.2, 0) is 4.74 Å². The number of halogens is 3. The van der Waals surface area contributed by atoms with Gasteiger partial charge >= 0.3 is 6.18 Å². The molecule has 0 saturated carbocycles. The van der Waals surface area contributed by atoms with Gasteiger partial charge in [0.25, 0.3) is 0 Å². The molecule has 0 spiro atoms. The predicted octanol–water partition coefficient (Wildman–Crippen LogP) is 3.29. The van der Waals surface area contributed by atoms with Crippen molar-refractivity contribution in [2.45, 2.75) is 56.6 Å². The minimum Gasteiger partial charge on any atom is -0.379 e. The summed E-state index contributed by atoms with van der Waals surface area (Å²) < 4.78 is 42.0. The van der Waals surface area contributed by atoms with Gasteiger partial charge in [-0.15, -0.1) is 0 Å². The Morgan fingerprint density at radius 1 is 1.33 bits per heavy atom. The molecule has 1 rings (SSSR count). The zero-order valence-electron chi connectivity index (χ0n) is 9.36. The van der Waals surface area contributed by atoms with E-state index in [4.69, 9.17) is 4.74 Å². The van der Waals surface area contributed by atoms with Crippen molar-refractivity contribution in [2.75, 3.05) is 6.61 Å². The molecule has 1 saturated heterocycles. The first-order chi connectivity index (χ1) is 6.83. The molecule has 0 aromatic carbocycles. The summed E-state index contributed by atoms with van der Waals surface area (Å²) in [7, 11) is -1.44. The highest BCUT2D eigenvalue weighted by molar-refractivity contribution is 6.60. The number of ether oxygens (including phenoxy) is 1. The third kappa shape index (κ3) is 4.15. The first kappa shape index (κ1) is 13.0. The molecule has 0 radical (unpaired) electrons. The lowest BCUT2D eigenvalue weighted by Gasteiger charge is -2.38. The molecular formula is C10H19F3OSi. The molecule has 2 atom stereocenters. The average Bonchev–Trinajstić information content (AvgIpc) is 2.14. The predicted molar refractivity (Wildman–Crippen MR) is 56.7 cm³/mol. The Kier molecular flexibility index (Phi) is 4.23. The second-order valence-electron chi connectivity index (χ2n) is 4.67. The van der Waals surface area contributed by atoms with Gasteiger partial charge in [-0.25, -0.2) is 0 Å². The molecule has 90 valence electrons. The van der Waals surface area contributed by atoms with Gasteiger partial charge in [-0.3, -0.25) is 0 Å². The molecule has 0 aromatic heterocycles. The molecule has 0 aliphatic carbocycles. The molecule has 0 aromatic rings. The molecule has 15 heavy (non-hydrogen) atoms. The van der Waals surface area contributed by atoms with Crippen molar-refractivity contribution in [1.82, 2.24) is 0 Å². The molecule has 5 heteroatoms. The maximum Gasteiger partial charge on any atom is 0.388 e. The van der Waals surface area contributed by atoms with Crippen LogP contribution in [0, 0.1) is 0 Å². The van der Waals surface area contributed by atoms with Crippen LogP contribution in [0.1, 0.15) is 32.6 Å². The number of hydrogen-bond acceptors (Lipinski definition) is 1. The molecule has 1 nitrogen and oxygen atoms in total. The van der Waals surface area contributed by atoms with Crippen LogP contribution >= 0.6 is 0 Å². The van der Waals surface area contributed by atoms with Crippen LogP contribution in [0.3, 0.4) is 0 Å². The van der Waals surface area contributed by atoms with Gasteiger partial charge in [0.2, 0.25) is 0 Å². The van der Waals surface area contributed by atoms with Gasteiger partial charge in [0.15, 0.2) is 0 Å². The van der Waals surface area contributed by atoms with Gasteiger partial charge in [-0.05, 0) is 32.2 Å². The average molecular weight is 240 g/mol. The minimum absolute atomic E-state index is 0.205. The molecule has 1 aliphatic heterocycles. The zero-order chi connectivity index (χ0) is 11.5. The number of hydrogen-bond donors (Lipinski definition) is 0. The minimum atomic E-state index is -4.01. The fourth-order valence-corrected chi connectivity index (χ4v) is 4.50. The molecule has 2 unspecified atom stereocenters. The van der Waals surface area contributed by atoms with Crippen molar-refractivity contribution in [3.63, 3.8) is 0 Å². The second kappa shape index (κ2) is 4.87. The summed E-state index contributed by atoms with van der Waals surface area (Å²) in [5.74, 6) is 0. The number of rotatable bonds is 3. The molecule has 0 bridgehead atoms. The van der Waals surface area contributed by atoms with E-state index >= 15 is 0 Å². The summed E-state index contributed by atoms with van der Waals surface area (Å²) >= 11 is 0. The Hall–Kier alpha value is -0.0331. The van der Waals surface area contributed by atoms with E-state index in [1.807, 2.05) is 13.5 Å². The monoisotopic (exact) mass is 240 g/mol. The Morgan fingerprint density at radius 2 is 2.00 bits per heavy atom. The molecular weight excluding hydrogens is 221 g/mol. The molecule has 1 aliphatic rings. The van der Waals surface area contributed by atoms with E-state index in [0.717, 1.165) is 25.9 Å². The van der Waals surface area contributed by atoms with Crippen molar-refractivity contribution in [3.05, 3.63) is 0 Å². The van der Waals surface area contributed by atoms with Crippen molar-refractivity contribution in [3.8, 4) is 0 Å². The van der Waals surface area contributed by atoms with E-state index in [1.165, 1.54) is 0 Å². The Morgan fingerprint density at radius 3 is 2.47 bits per heavy atom. The second-order valence-corrected chi connectivity index (χ2v) is 8.27. The maximum atomic E-state index is 12.1. The lowest BCUT2D eigenvalue weighted by Crippen LogP contribution is -2.46. The highest BCUT2D eigenvalue weighted by Gasteiger charge is 2.37. The van der Waals surface area contributed by atoms with Crippen LogP contribution in [0.4, 0.5) is 13.2 Å².